The van der Waals surface area contributed by atoms with Crippen LogP contribution in [0, 0.1) is 0 Å². The van der Waals surface area contributed by atoms with Gasteiger partial charge in [-0.25, -0.2) is 9.97 Å². The fourth-order valence-corrected chi connectivity index (χ4v) is 2.83. The molecule has 2 N–H and O–H groups in total. The van der Waals surface area contributed by atoms with Gasteiger partial charge in [-0.15, -0.1) is 0 Å². The molecule has 0 aliphatic heterocycles. The summed E-state index contributed by atoms with van der Waals surface area (Å²) in [7, 11) is 0. The number of anilines is 1. The molecule has 27 heavy (non-hydrogen) atoms. The highest BCUT2D eigenvalue weighted by Gasteiger charge is 2.11. The number of furan rings is 1. The van der Waals surface area contributed by atoms with E-state index in [1.54, 1.807) is 6.20 Å². The molecule has 0 aliphatic carbocycles. The fourth-order valence-electron chi connectivity index (χ4n) is 2.62. The van der Waals surface area contributed by atoms with E-state index in [-0.39, 0.29) is 0 Å². The van der Waals surface area contributed by atoms with Gasteiger partial charge in [0.1, 0.15) is 22.8 Å². The van der Waals surface area contributed by atoms with E-state index in [0.29, 0.717) is 33.9 Å². The lowest BCUT2D eigenvalue weighted by atomic mass is 10.2. The third-order valence-corrected chi connectivity index (χ3v) is 4.41. The van der Waals surface area contributed by atoms with E-state index in [1.165, 1.54) is 12.8 Å². The SMILES string of the molecule is CCCCCNC(=S)Nc1ccc2ncc(-c3ccc(C(C)C)o3)nc2n1. The summed E-state index contributed by atoms with van der Waals surface area (Å²) < 4.78 is 5.86. The molecular weight excluding hydrogens is 358 g/mol. The Morgan fingerprint density at radius 3 is 2.74 bits per heavy atom. The molecule has 0 radical (unpaired) electrons. The smallest absolute Gasteiger partial charge is 0.180 e. The summed E-state index contributed by atoms with van der Waals surface area (Å²) in [5.41, 5.74) is 1.94. The zero-order valence-electron chi connectivity index (χ0n) is 16.0. The van der Waals surface area contributed by atoms with Crippen LogP contribution in [0.3, 0.4) is 0 Å². The van der Waals surface area contributed by atoms with E-state index < -0.39 is 0 Å². The van der Waals surface area contributed by atoms with Crippen LogP contribution in [0.5, 0.6) is 0 Å². The number of nitrogens with one attached hydrogen (secondary N) is 2. The molecular formula is C20H25N5OS. The van der Waals surface area contributed by atoms with E-state index >= 15 is 0 Å². The maximum absolute atomic E-state index is 5.86. The Kier molecular flexibility index (Phi) is 6.34. The van der Waals surface area contributed by atoms with Crippen LogP contribution in [0.1, 0.15) is 51.7 Å². The van der Waals surface area contributed by atoms with E-state index in [9.17, 15) is 0 Å². The molecule has 0 atom stereocenters. The van der Waals surface area contributed by atoms with Crippen molar-refractivity contribution in [3.63, 3.8) is 0 Å². The van der Waals surface area contributed by atoms with Gasteiger partial charge in [0.05, 0.1) is 6.20 Å². The van der Waals surface area contributed by atoms with Crippen molar-refractivity contribution in [1.82, 2.24) is 20.3 Å². The zero-order chi connectivity index (χ0) is 19.2. The van der Waals surface area contributed by atoms with Crippen molar-refractivity contribution in [2.75, 3.05) is 11.9 Å². The minimum Gasteiger partial charge on any atom is -0.459 e. The molecule has 3 aromatic rings. The molecule has 0 fully saturated rings. The molecule has 0 saturated heterocycles. The number of aromatic nitrogens is 3. The number of pyridine rings is 1. The summed E-state index contributed by atoms with van der Waals surface area (Å²) >= 11 is 5.32. The minimum absolute atomic E-state index is 0.326. The number of rotatable bonds is 7. The van der Waals surface area contributed by atoms with Crippen LogP contribution in [-0.2, 0) is 0 Å². The predicted molar refractivity (Wildman–Crippen MR) is 113 cm³/mol. The average molecular weight is 384 g/mol. The first-order chi connectivity index (χ1) is 13.1. The number of hydrogen-bond donors (Lipinski definition) is 2. The van der Waals surface area contributed by atoms with Gasteiger partial charge in [0, 0.05) is 12.5 Å². The van der Waals surface area contributed by atoms with E-state index in [0.717, 1.165) is 24.2 Å². The second-order valence-corrected chi connectivity index (χ2v) is 7.15. The lowest BCUT2D eigenvalue weighted by Crippen LogP contribution is -2.29. The van der Waals surface area contributed by atoms with Gasteiger partial charge < -0.3 is 15.1 Å². The Morgan fingerprint density at radius 1 is 1.15 bits per heavy atom. The van der Waals surface area contributed by atoms with Gasteiger partial charge in [-0.1, -0.05) is 33.6 Å². The van der Waals surface area contributed by atoms with E-state index in [4.69, 9.17) is 16.6 Å². The summed E-state index contributed by atoms with van der Waals surface area (Å²) in [4.78, 5) is 13.6. The van der Waals surface area contributed by atoms with Crippen molar-refractivity contribution < 1.29 is 4.42 Å². The van der Waals surface area contributed by atoms with E-state index in [1.807, 2.05) is 24.3 Å². The topological polar surface area (TPSA) is 75.9 Å². The Hall–Kier alpha value is -2.54. The van der Waals surface area contributed by atoms with Crippen molar-refractivity contribution in [3.8, 4) is 11.5 Å². The molecule has 142 valence electrons. The quantitative estimate of drug-likeness (QED) is 0.444. The van der Waals surface area contributed by atoms with Gasteiger partial charge in [0.15, 0.2) is 16.5 Å². The summed E-state index contributed by atoms with van der Waals surface area (Å²) in [6, 6.07) is 7.62. The van der Waals surface area contributed by atoms with Crippen LogP contribution in [0.15, 0.2) is 34.9 Å². The van der Waals surface area contributed by atoms with Gasteiger partial charge in [-0.3, -0.25) is 4.98 Å². The van der Waals surface area contributed by atoms with Crippen molar-refractivity contribution >= 4 is 34.3 Å². The first kappa shape index (κ1) is 19.2. The molecule has 3 aromatic heterocycles. The molecule has 6 nitrogen and oxygen atoms in total. The molecule has 0 aliphatic rings. The Balaban J connectivity index is 1.74. The second-order valence-electron chi connectivity index (χ2n) is 6.74. The zero-order valence-corrected chi connectivity index (χ0v) is 16.8. The average Bonchev–Trinajstić information content (AvgIpc) is 3.15. The van der Waals surface area contributed by atoms with Crippen LogP contribution < -0.4 is 10.6 Å². The van der Waals surface area contributed by atoms with Crippen molar-refractivity contribution in [2.45, 2.75) is 46.0 Å². The molecule has 0 amide bonds. The first-order valence-electron chi connectivity index (χ1n) is 9.35. The highest BCUT2D eigenvalue weighted by molar-refractivity contribution is 7.80. The third-order valence-electron chi connectivity index (χ3n) is 4.16. The van der Waals surface area contributed by atoms with Crippen LogP contribution >= 0.6 is 12.2 Å². The Labute approximate surface area is 164 Å². The standard InChI is InChI=1S/C20H25N5OS/c1-4-5-6-11-21-20(27)25-18-10-7-14-19(24-18)23-15(12-22-14)17-9-8-16(26-17)13(2)3/h7-10,12-13H,4-6,11H2,1-3H3,(H2,21,23,24,25,27). The van der Waals surface area contributed by atoms with Gasteiger partial charge in [-0.2, -0.15) is 0 Å². The molecule has 0 bridgehead atoms. The van der Waals surface area contributed by atoms with Crippen LogP contribution in [-0.4, -0.2) is 26.6 Å². The third kappa shape index (κ3) is 5.01. The van der Waals surface area contributed by atoms with Gasteiger partial charge in [0.2, 0.25) is 0 Å². The maximum Gasteiger partial charge on any atom is 0.180 e. The molecule has 3 rings (SSSR count). The second kappa shape index (κ2) is 8.90. The molecule has 7 heteroatoms. The van der Waals surface area contributed by atoms with Gasteiger partial charge >= 0.3 is 0 Å². The number of thiocarbonyl (C=S) groups is 1. The number of nitrogens with zero attached hydrogens (tertiary/aromatic N) is 3. The monoisotopic (exact) mass is 383 g/mol. The molecule has 0 saturated carbocycles. The number of hydrogen-bond acceptors (Lipinski definition) is 5. The van der Waals surface area contributed by atoms with Gasteiger partial charge in [-0.05, 0) is 42.9 Å². The van der Waals surface area contributed by atoms with E-state index in [2.05, 4.69) is 46.4 Å². The van der Waals surface area contributed by atoms with Crippen molar-refractivity contribution in [2.24, 2.45) is 0 Å². The normalized spacial score (nSPS) is 11.1. The highest BCUT2D eigenvalue weighted by Crippen LogP contribution is 2.25. The summed E-state index contributed by atoms with van der Waals surface area (Å²) in [5.74, 6) is 2.59. The highest BCUT2D eigenvalue weighted by atomic mass is 32.1. The summed E-state index contributed by atoms with van der Waals surface area (Å²) in [5, 5.41) is 6.87. The van der Waals surface area contributed by atoms with Crippen molar-refractivity contribution in [1.29, 1.82) is 0 Å². The summed E-state index contributed by atoms with van der Waals surface area (Å²) in [6.45, 7) is 7.21. The molecule has 0 unspecified atom stereocenters. The van der Waals surface area contributed by atoms with Crippen LogP contribution in [0.4, 0.5) is 5.82 Å². The maximum atomic E-state index is 5.86. The first-order valence-corrected chi connectivity index (χ1v) is 9.76. The van der Waals surface area contributed by atoms with Crippen molar-refractivity contribution in [3.05, 3.63) is 36.2 Å². The number of unbranched alkanes of at least 4 members (excludes halogenated alkanes) is 2. The Morgan fingerprint density at radius 2 is 2.00 bits per heavy atom. The number of fused-ring (bicyclic) bond motifs is 1. The molecule has 0 aromatic carbocycles. The minimum atomic E-state index is 0.326. The van der Waals surface area contributed by atoms with Crippen LogP contribution in [0.25, 0.3) is 22.6 Å². The molecule has 0 spiro atoms. The lowest BCUT2D eigenvalue weighted by Gasteiger charge is -2.10. The molecule has 3 heterocycles. The van der Waals surface area contributed by atoms with Crippen LogP contribution in [0.2, 0.25) is 0 Å². The largest absolute Gasteiger partial charge is 0.459 e. The predicted octanol–water partition coefficient (Wildman–Crippen LogP) is 4.88. The van der Waals surface area contributed by atoms with Gasteiger partial charge in [0.25, 0.3) is 0 Å². The lowest BCUT2D eigenvalue weighted by molar-refractivity contribution is 0.497. The fraction of sp³-hybridized carbons (Fsp3) is 0.400. The summed E-state index contributed by atoms with van der Waals surface area (Å²) in [6.07, 6.45) is 5.18. The Bertz CT molecular complexity index is 922.